The summed E-state index contributed by atoms with van der Waals surface area (Å²) in [5.74, 6) is -0.825. The van der Waals surface area contributed by atoms with Crippen LogP contribution in [0.5, 0.6) is 0 Å². The van der Waals surface area contributed by atoms with E-state index in [2.05, 4.69) is 0 Å². The Labute approximate surface area is 128 Å². The number of β-amino-alcohol motifs (C(OH)–C–C–N with tert-alkyl or cyclic N) is 1. The van der Waals surface area contributed by atoms with Gasteiger partial charge in [0.2, 0.25) is 11.8 Å². The fourth-order valence-electron chi connectivity index (χ4n) is 3.66. The maximum atomic E-state index is 13.2. The molecule has 1 spiro atoms. The highest BCUT2D eigenvalue weighted by molar-refractivity contribution is 6.06. The van der Waals surface area contributed by atoms with E-state index in [1.54, 1.807) is 6.07 Å². The van der Waals surface area contributed by atoms with Crippen molar-refractivity contribution in [3.8, 4) is 0 Å². The molecule has 1 unspecified atom stereocenters. The van der Waals surface area contributed by atoms with E-state index < -0.39 is 17.3 Å². The zero-order valence-corrected chi connectivity index (χ0v) is 12.4. The van der Waals surface area contributed by atoms with Crippen molar-refractivity contribution >= 4 is 11.8 Å². The Morgan fingerprint density at radius 3 is 2.64 bits per heavy atom. The number of aliphatic hydroxyl groups is 1. The Morgan fingerprint density at radius 2 is 1.95 bits per heavy atom. The van der Waals surface area contributed by atoms with Gasteiger partial charge in [-0.2, -0.15) is 0 Å². The first-order valence-corrected chi connectivity index (χ1v) is 7.80. The van der Waals surface area contributed by atoms with E-state index >= 15 is 0 Å². The predicted octanol–water partition coefficient (Wildman–Crippen LogP) is 2.57. The number of nitrogens with zero attached hydrogens (tertiary/aromatic N) is 1. The third-order valence-corrected chi connectivity index (χ3v) is 4.89. The standard InChI is InChI=1S/C17H20FNO3/c18-13-6-4-5-12(9-13)14(20)11-19-15(21)10-17(16(19)22)7-2-1-3-8-17/h4-6,9,14,20H,1-3,7-8,10-11H2. The van der Waals surface area contributed by atoms with Crippen molar-refractivity contribution in [3.63, 3.8) is 0 Å². The summed E-state index contributed by atoms with van der Waals surface area (Å²) in [4.78, 5) is 26.0. The summed E-state index contributed by atoms with van der Waals surface area (Å²) >= 11 is 0. The summed E-state index contributed by atoms with van der Waals surface area (Å²) in [5.41, 5.74) is -0.165. The SMILES string of the molecule is O=C1CC2(CCCCC2)C(=O)N1CC(O)c1cccc(F)c1. The van der Waals surface area contributed by atoms with Crippen molar-refractivity contribution in [3.05, 3.63) is 35.6 Å². The molecule has 1 saturated heterocycles. The molecule has 2 amide bonds. The maximum Gasteiger partial charge on any atom is 0.236 e. The second-order valence-electron chi connectivity index (χ2n) is 6.40. The minimum Gasteiger partial charge on any atom is -0.387 e. The summed E-state index contributed by atoms with van der Waals surface area (Å²) < 4.78 is 13.2. The number of hydrogen-bond acceptors (Lipinski definition) is 3. The number of carbonyl (C=O) groups excluding carboxylic acids is 2. The highest BCUT2D eigenvalue weighted by Gasteiger charge is 2.51. The molecule has 118 valence electrons. The van der Waals surface area contributed by atoms with Gasteiger partial charge in [-0.25, -0.2) is 4.39 Å². The van der Waals surface area contributed by atoms with Crippen LogP contribution in [-0.4, -0.2) is 28.4 Å². The molecule has 1 heterocycles. The van der Waals surface area contributed by atoms with Crippen molar-refractivity contribution in [1.82, 2.24) is 4.90 Å². The first-order chi connectivity index (χ1) is 10.5. The number of imide groups is 1. The van der Waals surface area contributed by atoms with Gasteiger partial charge in [-0.15, -0.1) is 0 Å². The van der Waals surface area contributed by atoms with Crippen LogP contribution in [0, 0.1) is 11.2 Å². The summed E-state index contributed by atoms with van der Waals surface area (Å²) in [5, 5.41) is 10.2. The van der Waals surface area contributed by atoms with E-state index in [0.717, 1.165) is 32.1 Å². The number of carbonyl (C=O) groups is 2. The van der Waals surface area contributed by atoms with Crippen molar-refractivity contribution in [2.75, 3.05) is 6.54 Å². The lowest BCUT2D eigenvalue weighted by atomic mass is 9.73. The molecule has 2 aliphatic rings. The molecule has 0 bridgehead atoms. The number of likely N-dealkylation sites (tertiary alicyclic amines) is 1. The molecule has 5 heteroatoms. The lowest BCUT2D eigenvalue weighted by molar-refractivity contribution is -0.143. The van der Waals surface area contributed by atoms with Crippen LogP contribution in [0.2, 0.25) is 0 Å². The van der Waals surface area contributed by atoms with Crippen LogP contribution in [0.3, 0.4) is 0 Å². The van der Waals surface area contributed by atoms with Crippen LogP contribution < -0.4 is 0 Å². The number of amides is 2. The molecule has 1 aliphatic heterocycles. The summed E-state index contributed by atoms with van der Waals surface area (Å²) in [6.45, 7) is -0.0944. The third-order valence-electron chi connectivity index (χ3n) is 4.89. The number of rotatable bonds is 3. The second-order valence-corrected chi connectivity index (χ2v) is 6.40. The van der Waals surface area contributed by atoms with Gasteiger partial charge in [0, 0.05) is 6.42 Å². The topological polar surface area (TPSA) is 57.6 Å². The minimum atomic E-state index is -1.05. The molecule has 0 aromatic heterocycles. The smallest absolute Gasteiger partial charge is 0.236 e. The van der Waals surface area contributed by atoms with Crippen LogP contribution in [0.1, 0.15) is 50.2 Å². The quantitative estimate of drug-likeness (QED) is 0.873. The summed E-state index contributed by atoms with van der Waals surface area (Å²) in [6.07, 6.45) is 3.76. The van der Waals surface area contributed by atoms with Crippen molar-refractivity contribution < 1.29 is 19.1 Å². The van der Waals surface area contributed by atoms with E-state index in [-0.39, 0.29) is 24.8 Å². The molecule has 1 atom stereocenters. The number of benzene rings is 1. The van der Waals surface area contributed by atoms with Gasteiger partial charge in [0.1, 0.15) is 5.82 Å². The monoisotopic (exact) mass is 305 g/mol. The highest BCUT2D eigenvalue weighted by atomic mass is 19.1. The van der Waals surface area contributed by atoms with Gasteiger partial charge in [-0.1, -0.05) is 31.4 Å². The molecule has 1 aromatic carbocycles. The van der Waals surface area contributed by atoms with Gasteiger partial charge >= 0.3 is 0 Å². The third kappa shape index (κ3) is 2.65. The minimum absolute atomic E-state index is 0.0944. The van der Waals surface area contributed by atoms with E-state index in [1.807, 2.05) is 0 Å². The number of halogens is 1. The zero-order valence-electron chi connectivity index (χ0n) is 12.4. The van der Waals surface area contributed by atoms with E-state index in [4.69, 9.17) is 0 Å². The Bertz CT molecular complexity index is 595. The maximum absolute atomic E-state index is 13.2. The predicted molar refractivity (Wildman–Crippen MR) is 78.2 cm³/mol. The molecule has 4 nitrogen and oxygen atoms in total. The molecule has 0 radical (unpaired) electrons. The largest absolute Gasteiger partial charge is 0.387 e. The Balaban J connectivity index is 1.75. The molecule has 1 saturated carbocycles. The van der Waals surface area contributed by atoms with Crippen molar-refractivity contribution in [1.29, 1.82) is 0 Å². The van der Waals surface area contributed by atoms with Gasteiger partial charge in [0.05, 0.1) is 18.1 Å². The van der Waals surface area contributed by atoms with Crippen LogP contribution >= 0.6 is 0 Å². The first kappa shape index (κ1) is 15.2. The Hall–Kier alpha value is -1.75. The van der Waals surface area contributed by atoms with E-state index in [1.165, 1.54) is 23.1 Å². The molecular formula is C17H20FNO3. The van der Waals surface area contributed by atoms with Gasteiger partial charge in [0.25, 0.3) is 0 Å². The van der Waals surface area contributed by atoms with Gasteiger partial charge in [-0.05, 0) is 30.5 Å². The van der Waals surface area contributed by atoms with Crippen molar-refractivity contribution in [2.24, 2.45) is 5.41 Å². The lowest BCUT2D eigenvalue weighted by Gasteiger charge is -2.30. The highest BCUT2D eigenvalue weighted by Crippen LogP contribution is 2.45. The Kier molecular flexibility index (Phi) is 4.00. The molecule has 1 N–H and O–H groups in total. The fraction of sp³-hybridized carbons (Fsp3) is 0.529. The average molecular weight is 305 g/mol. The molecular weight excluding hydrogens is 285 g/mol. The molecule has 1 aliphatic carbocycles. The van der Waals surface area contributed by atoms with Gasteiger partial charge < -0.3 is 5.11 Å². The average Bonchev–Trinajstić information content (AvgIpc) is 2.72. The van der Waals surface area contributed by atoms with Crippen LogP contribution in [0.25, 0.3) is 0 Å². The van der Waals surface area contributed by atoms with Crippen LogP contribution in [-0.2, 0) is 9.59 Å². The van der Waals surface area contributed by atoms with Crippen LogP contribution in [0.4, 0.5) is 4.39 Å². The van der Waals surface area contributed by atoms with Gasteiger partial charge in [0.15, 0.2) is 0 Å². The summed E-state index contributed by atoms with van der Waals surface area (Å²) in [7, 11) is 0. The fourth-order valence-corrected chi connectivity index (χ4v) is 3.66. The first-order valence-electron chi connectivity index (χ1n) is 7.80. The van der Waals surface area contributed by atoms with Crippen molar-refractivity contribution in [2.45, 2.75) is 44.6 Å². The number of hydrogen-bond donors (Lipinski definition) is 1. The lowest BCUT2D eigenvalue weighted by Crippen LogP contribution is -2.39. The normalized spacial score (nSPS) is 22.4. The van der Waals surface area contributed by atoms with Gasteiger partial charge in [-0.3, -0.25) is 14.5 Å². The Morgan fingerprint density at radius 1 is 1.23 bits per heavy atom. The zero-order chi connectivity index (χ0) is 15.7. The molecule has 2 fully saturated rings. The van der Waals surface area contributed by atoms with E-state index in [9.17, 15) is 19.1 Å². The molecule has 1 aromatic rings. The van der Waals surface area contributed by atoms with Crippen LogP contribution in [0.15, 0.2) is 24.3 Å². The molecule has 3 rings (SSSR count). The van der Waals surface area contributed by atoms with E-state index in [0.29, 0.717) is 5.56 Å². The second kappa shape index (κ2) is 5.80. The summed E-state index contributed by atoms with van der Waals surface area (Å²) in [6, 6.07) is 5.62. The number of aliphatic hydroxyl groups excluding tert-OH is 1. The molecule has 22 heavy (non-hydrogen) atoms.